The fraction of sp³-hybridized carbons (Fsp3) is 0.600. The standard InChI is InChI=1S/C20H27N5O3/c1-3-16-22-12(2)18(28-16)19(26)21-11-13-7-9-25(10-8-13)20(27)17-14-5-4-6-15(14)23-24-17/h13H,3-11H2,1-2H3,(H,21,26)(H,23,24). The number of amides is 2. The predicted octanol–water partition coefficient (Wildman–Crippen LogP) is 2.04. The van der Waals surface area contributed by atoms with Crippen molar-refractivity contribution in [2.75, 3.05) is 19.6 Å². The van der Waals surface area contributed by atoms with Crippen molar-refractivity contribution in [1.82, 2.24) is 25.4 Å². The van der Waals surface area contributed by atoms with E-state index in [9.17, 15) is 9.59 Å². The first-order valence-electron chi connectivity index (χ1n) is 10.2. The number of hydrogen-bond donors (Lipinski definition) is 2. The number of likely N-dealkylation sites (tertiary alicyclic amines) is 1. The third-order valence-corrected chi connectivity index (χ3v) is 5.81. The van der Waals surface area contributed by atoms with Gasteiger partial charge in [0, 0.05) is 37.3 Å². The highest BCUT2D eigenvalue weighted by molar-refractivity contribution is 5.94. The first-order valence-corrected chi connectivity index (χ1v) is 10.2. The molecule has 2 aliphatic rings. The van der Waals surface area contributed by atoms with E-state index in [0.29, 0.717) is 55.0 Å². The maximum Gasteiger partial charge on any atom is 0.289 e. The number of oxazole rings is 1. The van der Waals surface area contributed by atoms with Gasteiger partial charge in [-0.2, -0.15) is 5.10 Å². The highest BCUT2D eigenvalue weighted by Gasteiger charge is 2.29. The van der Waals surface area contributed by atoms with Crippen LogP contribution in [0.5, 0.6) is 0 Å². The number of aromatic nitrogens is 3. The van der Waals surface area contributed by atoms with E-state index in [1.165, 1.54) is 0 Å². The second-order valence-electron chi connectivity index (χ2n) is 7.70. The molecule has 3 heterocycles. The average Bonchev–Trinajstić information content (AvgIpc) is 3.41. The Bertz CT molecular complexity index is 877. The monoisotopic (exact) mass is 385 g/mol. The number of fused-ring (bicyclic) bond motifs is 1. The molecule has 1 saturated heterocycles. The summed E-state index contributed by atoms with van der Waals surface area (Å²) >= 11 is 0. The summed E-state index contributed by atoms with van der Waals surface area (Å²) in [5.74, 6) is 1.06. The molecule has 1 fully saturated rings. The van der Waals surface area contributed by atoms with Gasteiger partial charge in [-0.3, -0.25) is 14.7 Å². The summed E-state index contributed by atoms with van der Waals surface area (Å²) < 4.78 is 5.51. The summed E-state index contributed by atoms with van der Waals surface area (Å²) in [5, 5.41) is 10.2. The SMILES string of the molecule is CCc1nc(C)c(C(=O)NCC2CCN(C(=O)c3n[nH]c4c3CCC4)CC2)o1. The molecule has 8 heteroatoms. The maximum atomic E-state index is 12.8. The first kappa shape index (κ1) is 18.7. The highest BCUT2D eigenvalue weighted by Crippen LogP contribution is 2.25. The van der Waals surface area contributed by atoms with Crippen LogP contribution in [0.3, 0.4) is 0 Å². The van der Waals surface area contributed by atoms with E-state index < -0.39 is 0 Å². The zero-order chi connectivity index (χ0) is 19.7. The molecule has 150 valence electrons. The van der Waals surface area contributed by atoms with Crippen LogP contribution in [0.1, 0.15) is 70.1 Å². The van der Waals surface area contributed by atoms with Gasteiger partial charge in [0.2, 0.25) is 5.76 Å². The second-order valence-corrected chi connectivity index (χ2v) is 7.70. The van der Waals surface area contributed by atoms with Gasteiger partial charge in [0.1, 0.15) is 0 Å². The molecule has 1 aliphatic heterocycles. The zero-order valence-electron chi connectivity index (χ0n) is 16.5. The van der Waals surface area contributed by atoms with E-state index in [1.807, 2.05) is 11.8 Å². The number of aromatic amines is 1. The molecule has 2 aromatic heterocycles. The molecule has 0 atom stereocenters. The number of carbonyl (C=O) groups is 2. The Kier molecular flexibility index (Phi) is 5.19. The van der Waals surface area contributed by atoms with Gasteiger partial charge < -0.3 is 14.6 Å². The summed E-state index contributed by atoms with van der Waals surface area (Å²) in [6.45, 7) is 5.71. The topological polar surface area (TPSA) is 104 Å². The van der Waals surface area contributed by atoms with Crippen molar-refractivity contribution < 1.29 is 14.0 Å². The van der Waals surface area contributed by atoms with E-state index in [2.05, 4.69) is 20.5 Å². The van der Waals surface area contributed by atoms with E-state index in [-0.39, 0.29) is 11.8 Å². The number of H-pyrrole nitrogens is 1. The van der Waals surface area contributed by atoms with Crippen molar-refractivity contribution in [1.29, 1.82) is 0 Å². The van der Waals surface area contributed by atoms with E-state index in [4.69, 9.17) is 4.42 Å². The minimum atomic E-state index is -0.213. The molecule has 4 rings (SSSR count). The van der Waals surface area contributed by atoms with Crippen LogP contribution in [0.25, 0.3) is 0 Å². The molecule has 2 aromatic rings. The van der Waals surface area contributed by atoms with Crippen molar-refractivity contribution in [3.05, 3.63) is 34.3 Å². The number of aryl methyl sites for hydroxylation is 3. The van der Waals surface area contributed by atoms with Crippen LogP contribution >= 0.6 is 0 Å². The molecule has 0 radical (unpaired) electrons. The molecule has 28 heavy (non-hydrogen) atoms. The Morgan fingerprint density at radius 2 is 2.07 bits per heavy atom. The minimum Gasteiger partial charge on any atom is -0.435 e. The maximum absolute atomic E-state index is 12.8. The van der Waals surface area contributed by atoms with Gasteiger partial charge in [-0.25, -0.2) is 4.98 Å². The van der Waals surface area contributed by atoms with Gasteiger partial charge in [0.15, 0.2) is 11.6 Å². The van der Waals surface area contributed by atoms with Crippen LogP contribution < -0.4 is 5.32 Å². The van der Waals surface area contributed by atoms with Gasteiger partial charge in [0.25, 0.3) is 11.8 Å². The molecule has 0 bridgehead atoms. The second kappa shape index (κ2) is 7.77. The highest BCUT2D eigenvalue weighted by atomic mass is 16.4. The Labute approximate surface area is 164 Å². The number of piperidine rings is 1. The lowest BCUT2D eigenvalue weighted by molar-refractivity contribution is 0.0676. The van der Waals surface area contributed by atoms with Crippen molar-refractivity contribution in [3.63, 3.8) is 0 Å². The van der Waals surface area contributed by atoms with Crippen LogP contribution in [-0.2, 0) is 19.3 Å². The van der Waals surface area contributed by atoms with Crippen molar-refractivity contribution in [2.24, 2.45) is 5.92 Å². The molecule has 0 saturated carbocycles. The number of nitrogens with one attached hydrogen (secondary N) is 2. The van der Waals surface area contributed by atoms with E-state index in [0.717, 1.165) is 43.4 Å². The number of nitrogens with zero attached hydrogens (tertiary/aromatic N) is 3. The minimum absolute atomic E-state index is 0.0336. The van der Waals surface area contributed by atoms with Gasteiger partial charge in [-0.05, 0) is 44.9 Å². The Morgan fingerprint density at radius 1 is 1.29 bits per heavy atom. The van der Waals surface area contributed by atoms with Gasteiger partial charge >= 0.3 is 0 Å². The smallest absolute Gasteiger partial charge is 0.289 e. The van der Waals surface area contributed by atoms with Crippen LogP contribution in [0.2, 0.25) is 0 Å². The average molecular weight is 385 g/mol. The summed E-state index contributed by atoms with van der Waals surface area (Å²) in [4.78, 5) is 31.3. The van der Waals surface area contributed by atoms with Gasteiger partial charge in [-0.15, -0.1) is 0 Å². The molecule has 1 aliphatic carbocycles. The fourth-order valence-corrected chi connectivity index (χ4v) is 4.12. The van der Waals surface area contributed by atoms with Crippen LogP contribution in [0, 0.1) is 12.8 Å². The summed E-state index contributed by atoms with van der Waals surface area (Å²) in [5.41, 5.74) is 3.45. The fourth-order valence-electron chi connectivity index (χ4n) is 4.12. The molecular formula is C20H27N5O3. The first-order chi connectivity index (χ1) is 13.6. The zero-order valence-corrected chi connectivity index (χ0v) is 16.5. The number of hydrogen-bond acceptors (Lipinski definition) is 5. The van der Waals surface area contributed by atoms with Crippen molar-refractivity contribution in [2.45, 2.75) is 52.4 Å². The van der Waals surface area contributed by atoms with Crippen LogP contribution in [0.15, 0.2) is 4.42 Å². The Morgan fingerprint density at radius 3 is 2.79 bits per heavy atom. The molecule has 0 spiro atoms. The summed E-state index contributed by atoms with van der Waals surface area (Å²) in [6.07, 6.45) is 5.43. The molecule has 0 aromatic carbocycles. The lowest BCUT2D eigenvalue weighted by atomic mass is 9.96. The Balaban J connectivity index is 1.28. The van der Waals surface area contributed by atoms with Crippen LogP contribution in [-0.4, -0.2) is 51.5 Å². The predicted molar refractivity (Wildman–Crippen MR) is 102 cm³/mol. The summed E-state index contributed by atoms with van der Waals surface area (Å²) in [6, 6.07) is 0. The van der Waals surface area contributed by atoms with Crippen molar-refractivity contribution >= 4 is 11.8 Å². The molecule has 2 amide bonds. The Hall–Kier alpha value is -2.64. The number of rotatable bonds is 5. The van der Waals surface area contributed by atoms with Gasteiger partial charge in [-0.1, -0.05) is 6.92 Å². The molecule has 0 unspecified atom stereocenters. The molecule has 8 nitrogen and oxygen atoms in total. The van der Waals surface area contributed by atoms with Gasteiger partial charge in [0.05, 0.1) is 5.69 Å². The summed E-state index contributed by atoms with van der Waals surface area (Å²) in [7, 11) is 0. The third kappa shape index (κ3) is 3.55. The number of carbonyl (C=O) groups excluding carboxylic acids is 2. The van der Waals surface area contributed by atoms with Crippen molar-refractivity contribution in [3.8, 4) is 0 Å². The van der Waals surface area contributed by atoms with Crippen LogP contribution in [0.4, 0.5) is 0 Å². The molecular weight excluding hydrogens is 358 g/mol. The van der Waals surface area contributed by atoms with E-state index in [1.54, 1.807) is 6.92 Å². The van der Waals surface area contributed by atoms with E-state index >= 15 is 0 Å². The lowest BCUT2D eigenvalue weighted by Crippen LogP contribution is -2.42. The quantitative estimate of drug-likeness (QED) is 0.820. The third-order valence-electron chi connectivity index (χ3n) is 5.81. The lowest BCUT2D eigenvalue weighted by Gasteiger charge is -2.31. The normalized spacial score (nSPS) is 17.0. The molecule has 2 N–H and O–H groups in total. The largest absolute Gasteiger partial charge is 0.435 e.